The van der Waals surface area contributed by atoms with Crippen LogP contribution in [-0.2, 0) is 4.74 Å². The van der Waals surface area contributed by atoms with Crippen molar-refractivity contribution >= 4 is 0 Å². The monoisotopic (exact) mass is 274 g/mol. The smallest absolute Gasteiger partial charge is 0.0972 e. The van der Waals surface area contributed by atoms with Crippen molar-refractivity contribution in [1.82, 2.24) is 0 Å². The molecule has 1 saturated heterocycles. The average molecular weight is 274 g/mol. The average Bonchev–Trinajstić information content (AvgIpc) is 3.21. The molecule has 5 fully saturated rings. The van der Waals surface area contributed by atoms with E-state index in [2.05, 4.69) is 6.92 Å². The summed E-state index contributed by atoms with van der Waals surface area (Å²) in [5.74, 6) is 5.40. The van der Waals surface area contributed by atoms with Gasteiger partial charge in [0.15, 0.2) is 0 Å². The molecule has 4 saturated carbocycles. The van der Waals surface area contributed by atoms with Crippen molar-refractivity contribution in [2.45, 2.75) is 76.7 Å². The van der Waals surface area contributed by atoms with Gasteiger partial charge in [-0.1, -0.05) is 26.2 Å². The Morgan fingerprint density at radius 1 is 0.800 bits per heavy atom. The maximum Gasteiger partial charge on any atom is 0.0972 e. The van der Waals surface area contributed by atoms with Crippen LogP contribution in [0, 0.1) is 35.0 Å². The molecular formula is C19H30O. The van der Waals surface area contributed by atoms with Crippen molar-refractivity contribution in [3.8, 4) is 0 Å². The van der Waals surface area contributed by atoms with Crippen molar-refractivity contribution in [2.24, 2.45) is 35.0 Å². The van der Waals surface area contributed by atoms with E-state index in [4.69, 9.17) is 4.74 Å². The highest BCUT2D eigenvalue weighted by Crippen LogP contribution is 2.69. The van der Waals surface area contributed by atoms with Gasteiger partial charge in [0.2, 0.25) is 0 Å². The second-order valence-electron chi connectivity index (χ2n) is 9.00. The Labute approximate surface area is 123 Å². The van der Waals surface area contributed by atoms with Gasteiger partial charge in [-0.15, -0.1) is 0 Å². The Bertz CT molecular complexity index is 412. The molecule has 20 heavy (non-hydrogen) atoms. The van der Waals surface area contributed by atoms with Crippen molar-refractivity contribution in [2.75, 3.05) is 6.61 Å². The van der Waals surface area contributed by atoms with Crippen molar-refractivity contribution in [1.29, 1.82) is 0 Å². The van der Waals surface area contributed by atoms with Crippen LogP contribution in [0.1, 0.15) is 71.1 Å². The van der Waals surface area contributed by atoms with Crippen LogP contribution >= 0.6 is 0 Å². The van der Waals surface area contributed by atoms with Crippen LogP contribution in [0.25, 0.3) is 0 Å². The topological polar surface area (TPSA) is 12.5 Å². The standard InChI is InChI=1S/C19H30O/c1-18-10-8-15-14-5-3-2-4-13(14)6-7-16(15)17(18)9-11-19(18)12-20-19/h13-17H,2-12H2,1H3/t13?,14-,15+,16+,17-,18-,19?/m0/s1. The molecule has 1 heterocycles. The first-order valence-corrected chi connectivity index (χ1v) is 9.37. The maximum absolute atomic E-state index is 6.02. The molecule has 0 radical (unpaired) electrons. The summed E-state index contributed by atoms with van der Waals surface area (Å²) in [6.07, 6.45) is 15.2. The van der Waals surface area contributed by atoms with Crippen molar-refractivity contribution < 1.29 is 4.74 Å². The fraction of sp³-hybridized carbons (Fsp3) is 1.00. The highest BCUT2D eigenvalue weighted by Gasteiger charge is 2.68. The Hall–Kier alpha value is -0.0400. The first-order chi connectivity index (χ1) is 9.74. The molecule has 112 valence electrons. The zero-order valence-corrected chi connectivity index (χ0v) is 13.1. The first kappa shape index (κ1) is 12.5. The van der Waals surface area contributed by atoms with Gasteiger partial charge >= 0.3 is 0 Å². The van der Waals surface area contributed by atoms with E-state index in [1.54, 1.807) is 25.7 Å². The van der Waals surface area contributed by atoms with E-state index in [0.717, 1.165) is 36.2 Å². The molecule has 1 aliphatic heterocycles. The van der Waals surface area contributed by atoms with Crippen LogP contribution in [0.5, 0.6) is 0 Å². The minimum absolute atomic E-state index is 0.353. The Kier molecular flexibility index (Phi) is 2.52. The molecule has 1 spiro atoms. The van der Waals surface area contributed by atoms with Gasteiger partial charge in [-0.3, -0.25) is 0 Å². The molecule has 0 amide bonds. The zero-order chi connectivity index (χ0) is 13.4. The molecule has 0 aromatic rings. The number of rotatable bonds is 0. The number of fused-ring (bicyclic) bond motifs is 6. The van der Waals surface area contributed by atoms with E-state index in [0.29, 0.717) is 11.0 Å². The fourth-order valence-electron chi connectivity index (χ4n) is 7.48. The van der Waals surface area contributed by atoms with Gasteiger partial charge in [-0.05, 0) is 74.5 Å². The molecule has 0 aromatic carbocycles. The van der Waals surface area contributed by atoms with Crippen molar-refractivity contribution in [3.05, 3.63) is 0 Å². The lowest BCUT2D eigenvalue weighted by atomic mass is 9.50. The second-order valence-corrected chi connectivity index (χ2v) is 9.00. The molecule has 5 aliphatic rings. The summed E-state index contributed by atoms with van der Waals surface area (Å²) >= 11 is 0. The predicted octanol–water partition coefficient (Wildman–Crippen LogP) is 4.80. The van der Waals surface area contributed by atoms with Gasteiger partial charge in [-0.25, -0.2) is 0 Å². The van der Waals surface area contributed by atoms with E-state index in [-0.39, 0.29) is 0 Å². The fourth-order valence-corrected chi connectivity index (χ4v) is 7.48. The number of hydrogen-bond donors (Lipinski definition) is 0. The quantitative estimate of drug-likeness (QED) is 0.578. The molecule has 0 bridgehead atoms. The summed E-state index contributed by atoms with van der Waals surface area (Å²) in [7, 11) is 0. The molecule has 1 heteroatoms. The van der Waals surface area contributed by atoms with E-state index < -0.39 is 0 Å². The van der Waals surface area contributed by atoms with E-state index >= 15 is 0 Å². The summed E-state index contributed by atoms with van der Waals surface area (Å²) in [6.45, 7) is 3.68. The minimum atomic E-state index is 0.353. The summed E-state index contributed by atoms with van der Waals surface area (Å²) < 4.78 is 6.02. The van der Waals surface area contributed by atoms with E-state index in [9.17, 15) is 0 Å². The van der Waals surface area contributed by atoms with Crippen molar-refractivity contribution in [3.63, 3.8) is 0 Å². The lowest BCUT2D eigenvalue weighted by Gasteiger charge is -2.55. The summed E-state index contributed by atoms with van der Waals surface area (Å²) in [6, 6.07) is 0. The summed E-state index contributed by atoms with van der Waals surface area (Å²) in [4.78, 5) is 0. The van der Waals surface area contributed by atoms with Crippen LogP contribution in [0.15, 0.2) is 0 Å². The molecule has 1 nitrogen and oxygen atoms in total. The highest BCUT2D eigenvalue weighted by molar-refractivity contribution is 5.17. The van der Waals surface area contributed by atoms with Gasteiger partial charge < -0.3 is 4.74 Å². The van der Waals surface area contributed by atoms with E-state index in [1.807, 2.05) is 0 Å². The molecule has 5 rings (SSSR count). The van der Waals surface area contributed by atoms with Crippen LogP contribution in [0.4, 0.5) is 0 Å². The molecule has 7 atom stereocenters. The van der Waals surface area contributed by atoms with E-state index in [1.165, 1.54) is 38.5 Å². The predicted molar refractivity (Wildman–Crippen MR) is 80.4 cm³/mol. The largest absolute Gasteiger partial charge is 0.369 e. The van der Waals surface area contributed by atoms with Gasteiger partial charge in [0, 0.05) is 5.41 Å². The van der Waals surface area contributed by atoms with Crippen LogP contribution < -0.4 is 0 Å². The molecular weight excluding hydrogens is 244 g/mol. The minimum Gasteiger partial charge on any atom is -0.369 e. The third-order valence-corrected chi connectivity index (χ3v) is 8.66. The summed E-state index contributed by atoms with van der Waals surface area (Å²) in [5, 5.41) is 0. The Balaban J connectivity index is 1.45. The molecule has 4 aliphatic carbocycles. The second kappa shape index (κ2) is 4.03. The van der Waals surface area contributed by atoms with Gasteiger partial charge in [0.1, 0.15) is 0 Å². The molecule has 0 N–H and O–H groups in total. The lowest BCUT2D eigenvalue weighted by molar-refractivity contribution is -0.0672. The third kappa shape index (κ3) is 1.44. The third-order valence-electron chi connectivity index (χ3n) is 8.66. The highest BCUT2D eigenvalue weighted by atomic mass is 16.6. The lowest BCUT2D eigenvalue weighted by Crippen LogP contribution is -2.49. The van der Waals surface area contributed by atoms with Crippen LogP contribution in [0.2, 0.25) is 0 Å². The zero-order valence-electron chi connectivity index (χ0n) is 13.1. The SMILES string of the molecule is C[C@]12CC[C@H]3[C@@H](CCC4CCCC[C@@H]43)[C@@H]1CCC21CO1. The maximum atomic E-state index is 6.02. The Morgan fingerprint density at radius 2 is 1.65 bits per heavy atom. The summed E-state index contributed by atoms with van der Waals surface area (Å²) in [5.41, 5.74) is 0.904. The molecule has 0 aromatic heterocycles. The van der Waals surface area contributed by atoms with Gasteiger partial charge in [-0.2, -0.15) is 0 Å². The van der Waals surface area contributed by atoms with Gasteiger partial charge in [0.25, 0.3) is 0 Å². The number of hydrogen-bond acceptors (Lipinski definition) is 1. The van der Waals surface area contributed by atoms with Crippen LogP contribution in [0.3, 0.4) is 0 Å². The number of ether oxygens (including phenoxy) is 1. The normalized spacial score (nSPS) is 60.8. The molecule has 2 unspecified atom stereocenters. The van der Waals surface area contributed by atoms with Gasteiger partial charge in [0.05, 0.1) is 12.2 Å². The van der Waals surface area contributed by atoms with Crippen LogP contribution in [-0.4, -0.2) is 12.2 Å². The number of epoxide rings is 1. The Morgan fingerprint density at radius 3 is 2.50 bits per heavy atom. The first-order valence-electron chi connectivity index (χ1n) is 9.37.